The maximum atomic E-state index is 12.2. The maximum Gasteiger partial charge on any atom is 0.271 e. The summed E-state index contributed by atoms with van der Waals surface area (Å²) in [5.74, 6) is 0.440. The lowest BCUT2D eigenvalue weighted by atomic mass is 10.2. The van der Waals surface area contributed by atoms with Crippen molar-refractivity contribution in [2.75, 3.05) is 0 Å². The predicted molar refractivity (Wildman–Crippen MR) is 86.4 cm³/mol. The highest BCUT2D eigenvalue weighted by Gasteiger charge is 2.15. The van der Waals surface area contributed by atoms with Crippen molar-refractivity contribution in [1.82, 2.24) is 15.3 Å². The number of rotatable bonds is 4. The molecule has 110 valence electrons. The van der Waals surface area contributed by atoms with E-state index in [2.05, 4.69) is 31.2 Å². The zero-order valence-corrected chi connectivity index (χ0v) is 14.1. The van der Waals surface area contributed by atoms with Gasteiger partial charge in [0.25, 0.3) is 5.91 Å². The molecule has 4 nitrogen and oxygen atoms in total. The molecule has 0 saturated carbocycles. The summed E-state index contributed by atoms with van der Waals surface area (Å²) in [5.41, 5.74) is 1.21. The Morgan fingerprint density at radius 3 is 2.86 bits per heavy atom. The van der Waals surface area contributed by atoms with Crippen molar-refractivity contribution in [2.45, 2.75) is 26.3 Å². The number of nitrogens with zero attached hydrogens (tertiary/aromatic N) is 2. The minimum atomic E-state index is -0.302. The first-order valence-electron chi connectivity index (χ1n) is 6.52. The number of aromatic nitrogens is 2. The highest BCUT2D eigenvalue weighted by molar-refractivity contribution is 9.10. The van der Waals surface area contributed by atoms with Crippen LogP contribution in [0, 0.1) is 0 Å². The fraction of sp³-hybridized carbons (Fsp3) is 0.267. The Hall–Kier alpha value is -1.46. The third kappa shape index (κ3) is 4.25. The van der Waals surface area contributed by atoms with Gasteiger partial charge in [0.05, 0.1) is 11.2 Å². The van der Waals surface area contributed by atoms with Gasteiger partial charge in [0.1, 0.15) is 11.5 Å². The van der Waals surface area contributed by atoms with Gasteiger partial charge in [-0.05, 0) is 17.7 Å². The molecule has 1 aromatic heterocycles. The van der Waals surface area contributed by atoms with E-state index in [0.29, 0.717) is 12.4 Å². The lowest BCUT2D eigenvalue weighted by Gasteiger charge is -2.09. The number of carbonyl (C=O) groups is 1. The lowest BCUT2D eigenvalue weighted by molar-refractivity contribution is 0.0945. The van der Waals surface area contributed by atoms with Gasteiger partial charge in [-0.3, -0.25) is 4.79 Å². The zero-order chi connectivity index (χ0) is 15.4. The van der Waals surface area contributed by atoms with Crippen LogP contribution in [-0.4, -0.2) is 15.9 Å². The van der Waals surface area contributed by atoms with Gasteiger partial charge >= 0.3 is 0 Å². The largest absolute Gasteiger partial charge is 0.347 e. The molecule has 1 aromatic carbocycles. The number of halogens is 2. The van der Waals surface area contributed by atoms with Crippen molar-refractivity contribution >= 4 is 33.4 Å². The third-order valence-electron chi connectivity index (χ3n) is 2.84. The van der Waals surface area contributed by atoms with Gasteiger partial charge in [0.2, 0.25) is 0 Å². The summed E-state index contributed by atoms with van der Waals surface area (Å²) in [6, 6.07) is 7.73. The van der Waals surface area contributed by atoms with E-state index in [9.17, 15) is 4.79 Å². The van der Waals surface area contributed by atoms with Gasteiger partial charge in [0.15, 0.2) is 0 Å². The van der Waals surface area contributed by atoms with Crippen molar-refractivity contribution in [2.24, 2.45) is 0 Å². The van der Waals surface area contributed by atoms with Crippen LogP contribution >= 0.6 is 27.5 Å². The number of nitrogens with one attached hydrogen (secondary N) is 1. The van der Waals surface area contributed by atoms with Crippen molar-refractivity contribution in [3.8, 4) is 0 Å². The van der Waals surface area contributed by atoms with Crippen molar-refractivity contribution in [1.29, 1.82) is 0 Å². The smallest absolute Gasteiger partial charge is 0.271 e. The summed E-state index contributed by atoms with van der Waals surface area (Å²) in [6.45, 7) is 4.34. The monoisotopic (exact) mass is 367 g/mol. The number of carbonyl (C=O) groups excluding carboxylic acids is 1. The Balaban J connectivity index is 2.11. The predicted octanol–water partition coefficient (Wildman–Crippen LogP) is 3.95. The fourth-order valence-electron chi connectivity index (χ4n) is 1.73. The van der Waals surface area contributed by atoms with Crippen molar-refractivity contribution in [3.63, 3.8) is 0 Å². The summed E-state index contributed by atoms with van der Waals surface area (Å²) < 4.78 is 0.969. The minimum absolute atomic E-state index is 0.138. The average Bonchev–Trinajstić information content (AvgIpc) is 2.45. The Labute approximate surface area is 137 Å². The van der Waals surface area contributed by atoms with Crippen LogP contribution in [0.15, 0.2) is 34.9 Å². The molecule has 0 atom stereocenters. The SMILES string of the molecule is CC(C)c1ncc(Cl)c(C(=O)NCc2cccc(Br)c2)n1. The van der Waals surface area contributed by atoms with E-state index in [1.54, 1.807) is 0 Å². The van der Waals surface area contributed by atoms with Crippen LogP contribution in [0.2, 0.25) is 5.02 Å². The molecule has 21 heavy (non-hydrogen) atoms. The van der Waals surface area contributed by atoms with E-state index in [0.717, 1.165) is 10.0 Å². The normalized spacial score (nSPS) is 10.7. The van der Waals surface area contributed by atoms with Crippen LogP contribution in [0.5, 0.6) is 0 Å². The Morgan fingerprint density at radius 2 is 2.19 bits per heavy atom. The molecule has 0 spiro atoms. The average molecular weight is 369 g/mol. The lowest BCUT2D eigenvalue weighted by Crippen LogP contribution is -2.25. The topological polar surface area (TPSA) is 54.9 Å². The van der Waals surface area contributed by atoms with Gasteiger partial charge in [-0.2, -0.15) is 0 Å². The molecule has 0 aliphatic heterocycles. The molecule has 0 saturated heterocycles. The summed E-state index contributed by atoms with van der Waals surface area (Å²) >= 11 is 9.41. The quantitative estimate of drug-likeness (QED) is 0.889. The van der Waals surface area contributed by atoms with Crippen molar-refractivity contribution < 1.29 is 4.79 Å². The summed E-state index contributed by atoms with van der Waals surface area (Å²) in [4.78, 5) is 20.6. The molecule has 0 radical (unpaired) electrons. The van der Waals surface area contributed by atoms with Gasteiger partial charge in [-0.15, -0.1) is 0 Å². The molecule has 0 unspecified atom stereocenters. The third-order valence-corrected chi connectivity index (χ3v) is 3.61. The van der Waals surface area contributed by atoms with Crippen LogP contribution in [0.1, 0.15) is 41.6 Å². The van der Waals surface area contributed by atoms with E-state index < -0.39 is 0 Å². The number of amides is 1. The van der Waals surface area contributed by atoms with Gasteiger partial charge in [-0.1, -0.05) is 53.5 Å². The second-order valence-corrected chi connectivity index (χ2v) is 6.21. The molecule has 1 amide bonds. The van der Waals surface area contributed by atoms with E-state index in [1.807, 2.05) is 38.1 Å². The molecule has 0 fully saturated rings. The summed E-state index contributed by atoms with van der Waals surface area (Å²) in [5, 5.41) is 3.07. The second kappa shape index (κ2) is 7.00. The molecule has 0 bridgehead atoms. The molecule has 1 N–H and O–H groups in total. The van der Waals surface area contributed by atoms with Crippen LogP contribution in [0.4, 0.5) is 0 Å². The Morgan fingerprint density at radius 1 is 1.43 bits per heavy atom. The number of hydrogen-bond donors (Lipinski definition) is 1. The van der Waals surface area contributed by atoms with E-state index >= 15 is 0 Å². The maximum absolute atomic E-state index is 12.2. The van der Waals surface area contributed by atoms with Crippen molar-refractivity contribution in [3.05, 3.63) is 57.0 Å². The fourth-order valence-corrected chi connectivity index (χ4v) is 2.35. The Bertz CT molecular complexity index is 661. The van der Waals surface area contributed by atoms with E-state index in [-0.39, 0.29) is 22.5 Å². The summed E-state index contributed by atoms with van der Waals surface area (Å²) in [7, 11) is 0. The molecule has 2 rings (SSSR count). The second-order valence-electron chi connectivity index (χ2n) is 4.89. The highest BCUT2D eigenvalue weighted by atomic mass is 79.9. The highest BCUT2D eigenvalue weighted by Crippen LogP contribution is 2.16. The molecule has 0 aliphatic carbocycles. The van der Waals surface area contributed by atoms with Crippen LogP contribution < -0.4 is 5.32 Å². The van der Waals surface area contributed by atoms with Crippen LogP contribution in [-0.2, 0) is 6.54 Å². The minimum Gasteiger partial charge on any atom is -0.347 e. The first-order valence-corrected chi connectivity index (χ1v) is 7.69. The van der Waals surface area contributed by atoms with E-state index in [4.69, 9.17) is 11.6 Å². The molecular formula is C15H15BrClN3O. The van der Waals surface area contributed by atoms with E-state index in [1.165, 1.54) is 6.20 Å². The summed E-state index contributed by atoms with van der Waals surface area (Å²) in [6.07, 6.45) is 1.47. The Kier molecular flexibility index (Phi) is 5.31. The van der Waals surface area contributed by atoms with Crippen LogP contribution in [0.3, 0.4) is 0 Å². The van der Waals surface area contributed by atoms with Crippen LogP contribution in [0.25, 0.3) is 0 Å². The standard InChI is InChI=1S/C15H15BrClN3O/c1-9(2)14-18-8-12(17)13(20-14)15(21)19-7-10-4-3-5-11(16)6-10/h3-6,8-9H,7H2,1-2H3,(H,19,21). The molecule has 6 heteroatoms. The molecule has 2 aromatic rings. The molecule has 1 heterocycles. The number of hydrogen-bond acceptors (Lipinski definition) is 3. The first-order chi connectivity index (χ1) is 9.97. The zero-order valence-electron chi connectivity index (χ0n) is 11.7. The molecule has 0 aliphatic rings. The first kappa shape index (κ1) is 15.9. The number of benzene rings is 1. The van der Waals surface area contributed by atoms with Gasteiger partial charge in [0, 0.05) is 16.9 Å². The van der Waals surface area contributed by atoms with Gasteiger partial charge in [-0.25, -0.2) is 9.97 Å². The molecular weight excluding hydrogens is 354 g/mol. The van der Waals surface area contributed by atoms with Gasteiger partial charge < -0.3 is 5.32 Å².